The second kappa shape index (κ2) is 5.44. The molecule has 1 fully saturated rings. The van der Waals surface area contributed by atoms with Crippen LogP contribution in [0.4, 0.5) is 0 Å². The van der Waals surface area contributed by atoms with Gasteiger partial charge in [-0.25, -0.2) is 4.79 Å². The van der Waals surface area contributed by atoms with E-state index in [0.717, 1.165) is 6.54 Å². The molecule has 0 bridgehead atoms. The molecule has 0 amide bonds. The Morgan fingerprint density at radius 2 is 2.33 bits per heavy atom. The first-order chi connectivity index (χ1) is 8.66. The molecule has 1 aliphatic rings. The van der Waals surface area contributed by atoms with Crippen molar-refractivity contribution in [3.05, 3.63) is 24.3 Å². The van der Waals surface area contributed by atoms with Gasteiger partial charge in [-0.3, -0.25) is 15.3 Å². The number of esters is 1. The molecule has 1 unspecified atom stereocenters. The van der Waals surface area contributed by atoms with Crippen LogP contribution in [0.3, 0.4) is 0 Å². The van der Waals surface area contributed by atoms with E-state index >= 15 is 0 Å². The van der Waals surface area contributed by atoms with Gasteiger partial charge >= 0.3 is 5.97 Å². The van der Waals surface area contributed by atoms with Gasteiger partial charge in [-0.1, -0.05) is 0 Å². The van der Waals surface area contributed by atoms with Crippen LogP contribution in [0.5, 0.6) is 0 Å². The molecule has 1 heterocycles. The van der Waals surface area contributed by atoms with Crippen LogP contribution in [0.1, 0.15) is 32.4 Å². The van der Waals surface area contributed by atoms with Crippen molar-refractivity contribution in [1.82, 2.24) is 15.3 Å². The van der Waals surface area contributed by atoms with Gasteiger partial charge in [0.2, 0.25) is 0 Å². The van der Waals surface area contributed by atoms with Gasteiger partial charge in [-0.05, 0) is 39.2 Å². The predicted molar refractivity (Wildman–Crippen MR) is 66.7 cm³/mol. The lowest BCUT2D eigenvalue weighted by Gasteiger charge is -2.27. The smallest absolute Gasteiger partial charge is 0.332 e. The van der Waals surface area contributed by atoms with Crippen molar-refractivity contribution in [3.8, 4) is 0 Å². The average Bonchev–Trinajstić information content (AvgIpc) is 3.21. The zero-order valence-corrected chi connectivity index (χ0v) is 10.8. The van der Waals surface area contributed by atoms with Crippen molar-refractivity contribution in [3.63, 3.8) is 0 Å². The lowest BCUT2D eigenvalue weighted by Crippen LogP contribution is -2.49. The van der Waals surface area contributed by atoms with Crippen LogP contribution in [0.2, 0.25) is 0 Å². The number of rotatable bonds is 6. The zero-order chi connectivity index (χ0) is 13.0. The van der Waals surface area contributed by atoms with E-state index in [4.69, 9.17) is 4.74 Å². The van der Waals surface area contributed by atoms with E-state index in [1.54, 1.807) is 32.4 Å². The second-order valence-electron chi connectivity index (χ2n) is 4.76. The van der Waals surface area contributed by atoms with Crippen LogP contribution >= 0.6 is 0 Å². The average molecular weight is 249 g/mol. The maximum Gasteiger partial charge on any atom is 0.332 e. The number of carbonyl (C=O) groups excluding carboxylic acids is 1. The third-order valence-corrected chi connectivity index (χ3v) is 3.20. The SMILES string of the molecule is CCOC(=O)C(C)(NCC1CC1)c1cnccn1. The Morgan fingerprint density at radius 1 is 1.56 bits per heavy atom. The summed E-state index contributed by atoms with van der Waals surface area (Å²) >= 11 is 0. The van der Waals surface area contributed by atoms with Crippen LogP contribution in [-0.4, -0.2) is 29.1 Å². The van der Waals surface area contributed by atoms with Gasteiger partial charge in [0.25, 0.3) is 0 Å². The highest BCUT2D eigenvalue weighted by molar-refractivity contribution is 5.81. The van der Waals surface area contributed by atoms with Crippen molar-refractivity contribution in [2.24, 2.45) is 5.92 Å². The minimum absolute atomic E-state index is 0.300. The quantitative estimate of drug-likeness (QED) is 0.769. The van der Waals surface area contributed by atoms with Crippen LogP contribution < -0.4 is 5.32 Å². The standard InChI is InChI=1S/C13H19N3O2/c1-3-18-12(17)13(2,16-8-10-4-5-10)11-9-14-6-7-15-11/h6-7,9-10,16H,3-5,8H2,1-2H3. The first-order valence-electron chi connectivity index (χ1n) is 6.35. The van der Waals surface area contributed by atoms with E-state index < -0.39 is 5.54 Å². The highest BCUT2D eigenvalue weighted by Crippen LogP contribution is 2.30. The molecule has 0 saturated heterocycles. The number of carbonyl (C=O) groups is 1. The summed E-state index contributed by atoms with van der Waals surface area (Å²) < 4.78 is 5.14. The summed E-state index contributed by atoms with van der Waals surface area (Å²) in [7, 11) is 0. The van der Waals surface area contributed by atoms with E-state index in [-0.39, 0.29) is 5.97 Å². The van der Waals surface area contributed by atoms with E-state index in [9.17, 15) is 4.79 Å². The molecule has 1 atom stereocenters. The molecule has 2 rings (SSSR count). The summed E-state index contributed by atoms with van der Waals surface area (Å²) in [6.07, 6.45) is 7.25. The Kier molecular flexibility index (Phi) is 3.91. The Labute approximate surface area is 107 Å². The molecule has 1 aromatic heterocycles. The first kappa shape index (κ1) is 13.0. The van der Waals surface area contributed by atoms with Gasteiger partial charge < -0.3 is 4.74 Å². The van der Waals surface area contributed by atoms with Crippen molar-refractivity contribution in [2.45, 2.75) is 32.2 Å². The zero-order valence-electron chi connectivity index (χ0n) is 10.8. The Hall–Kier alpha value is -1.49. The van der Waals surface area contributed by atoms with Crippen molar-refractivity contribution in [1.29, 1.82) is 0 Å². The Bertz CT molecular complexity index is 406. The minimum atomic E-state index is -0.910. The molecule has 1 aliphatic carbocycles. The summed E-state index contributed by atoms with van der Waals surface area (Å²) in [6.45, 7) is 4.78. The van der Waals surface area contributed by atoms with Crippen LogP contribution in [-0.2, 0) is 15.1 Å². The van der Waals surface area contributed by atoms with Gasteiger partial charge in [-0.2, -0.15) is 0 Å². The molecule has 0 spiro atoms. The predicted octanol–water partition coefficient (Wildman–Crippen LogP) is 1.25. The number of nitrogens with zero attached hydrogens (tertiary/aromatic N) is 2. The molecule has 5 heteroatoms. The summed E-state index contributed by atoms with van der Waals surface area (Å²) in [5.74, 6) is 0.376. The topological polar surface area (TPSA) is 64.1 Å². The monoisotopic (exact) mass is 249 g/mol. The van der Waals surface area contributed by atoms with E-state index in [0.29, 0.717) is 18.2 Å². The van der Waals surface area contributed by atoms with Gasteiger partial charge in [-0.15, -0.1) is 0 Å². The summed E-state index contributed by atoms with van der Waals surface area (Å²) in [4.78, 5) is 20.4. The normalized spacial score (nSPS) is 18.1. The molecule has 1 N–H and O–H groups in total. The summed E-state index contributed by atoms with van der Waals surface area (Å²) in [5, 5.41) is 3.28. The summed E-state index contributed by atoms with van der Waals surface area (Å²) in [6, 6.07) is 0. The Balaban J connectivity index is 2.17. The first-order valence-corrected chi connectivity index (χ1v) is 6.35. The molecule has 1 saturated carbocycles. The molecular weight excluding hydrogens is 230 g/mol. The fraction of sp³-hybridized carbons (Fsp3) is 0.615. The third kappa shape index (κ3) is 2.85. The molecule has 1 aromatic rings. The number of ether oxygens (including phenoxy) is 1. The van der Waals surface area contributed by atoms with E-state index in [1.807, 2.05) is 0 Å². The molecule has 5 nitrogen and oxygen atoms in total. The molecule has 0 aromatic carbocycles. The van der Waals surface area contributed by atoms with Gasteiger partial charge in [0, 0.05) is 12.4 Å². The van der Waals surface area contributed by atoms with Gasteiger partial charge in [0.1, 0.15) is 0 Å². The fourth-order valence-corrected chi connectivity index (χ4v) is 1.77. The molecule has 0 radical (unpaired) electrons. The second-order valence-corrected chi connectivity index (χ2v) is 4.76. The largest absolute Gasteiger partial charge is 0.464 e. The number of hydrogen-bond acceptors (Lipinski definition) is 5. The number of hydrogen-bond donors (Lipinski definition) is 1. The van der Waals surface area contributed by atoms with Crippen molar-refractivity contribution < 1.29 is 9.53 Å². The minimum Gasteiger partial charge on any atom is -0.464 e. The molecule has 18 heavy (non-hydrogen) atoms. The molecule has 0 aliphatic heterocycles. The summed E-state index contributed by atoms with van der Waals surface area (Å²) in [5.41, 5.74) is -0.309. The van der Waals surface area contributed by atoms with E-state index in [2.05, 4.69) is 15.3 Å². The number of aromatic nitrogens is 2. The highest BCUT2D eigenvalue weighted by atomic mass is 16.5. The van der Waals surface area contributed by atoms with Crippen molar-refractivity contribution >= 4 is 5.97 Å². The van der Waals surface area contributed by atoms with Crippen LogP contribution in [0.15, 0.2) is 18.6 Å². The maximum absolute atomic E-state index is 12.1. The lowest BCUT2D eigenvalue weighted by molar-refractivity contribution is -0.151. The van der Waals surface area contributed by atoms with Gasteiger partial charge in [0.15, 0.2) is 5.54 Å². The van der Waals surface area contributed by atoms with Gasteiger partial charge in [0.05, 0.1) is 18.5 Å². The Morgan fingerprint density at radius 3 is 2.89 bits per heavy atom. The molecule has 98 valence electrons. The number of nitrogens with one attached hydrogen (secondary N) is 1. The van der Waals surface area contributed by atoms with Crippen LogP contribution in [0, 0.1) is 5.92 Å². The highest BCUT2D eigenvalue weighted by Gasteiger charge is 2.39. The lowest BCUT2D eigenvalue weighted by atomic mass is 9.98. The van der Waals surface area contributed by atoms with Crippen molar-refractivity contribution in [2.75, 3.05) is 13.2 Å². The maximum atomic E-state index is 12.1. The van der Waals surface area contributed by atoms with E-state index in [1.165, 1.54) is 12.8 Å². The third-order valence-electron chi connectivity index (χ3n) is 3.20. The molecular formula is C13H19N3O2. The fourth-order valence-electron chi connectivity index (χ4n) is 1.77. The van der Waals surface area contributed by atoms with Crippen LogP contribution in [0.25, 0.3) is 0 Å².